The van der Waals surface area contributed by atoms with Crippen LogP contribution < -0.4 is 4.74 Å². The maximum atomic E-state index is 12.8. The molecule has 9 nitrogen and oxygen atoms in total. The molecule has 2 saturated heterocycles. The molecule has 0 aliphatic carbocycles. The molecular weight excluding hydrogens is 396 g/mol. The van der Waals surface area contributed by atoms with Gasteiger partial charge in [0.2, 0.25) is 15.9 Å². The largest absolute Gasteiger partial charge is 0.484 e. The second kappa shape index (κ2) is 7.42. The van der Waals surface area contributed by atoms with Crippen molar-refractivity contribution >= 4 is 15.9 Å². The normalized spacial score (nSPS) is 24.6. The third-order valence-electron chi connectivity index (χ3n) is 5.75. The molecule has 0 N–H and O–H groups in total. The van der Waals surface area contributed by atoms with Crippen molar-refractivity contribution in [3.05, 3.63) is 42.0 Å². The first kappa shape index (κ1) is 19.8. The zero-order valence-corrected chi connectivity index (χ0v) is 17.3. The van der Waals surface area contributed by atoms with E-state index >= 15 is 0 Å². The van der Waals surface area contributed by atoms with E-state index in [1.54, 1.807) is 30.9 Å². The van der Waals surface area contributed by atoms with Crippen LogP contribution >= 0.6 is 0 Å². The Kier molecular flexibility index (Phi) is 5.07. The molecule has 1 amide bonds. The Bertz CT molecular complexity index is 993. The van der Waals surface area contributed by atoms with Gasteiger partial charge in [-0.2, -0.15) is 4.98 Å². The lowest BCUT2D eigenvalue weighted by Crippen LogP contribution is -2.42. The van der Waals surface area contributed by atoms with E-state index in [1.807, 2.05) is 18.2 Å². The quantitative estimate of drug-likeness (QED) is 0.681. The van der Waals surface area contributed by atoms with Crippen LogP contribution in [-0.2, 0) is 20.2 Å². The number of likely N-dealkylation sites (tertiary alicyclic amines) is 1. The molecule has 2 aliphatic rings. The van der Waals surface area contributed by atoms with Gasteiger partial charge < -0.3 is 14.2 Å². The summed E-state index contributed by atoms with van der Waals surface area (Å²) in [6.45, 7) is 4.59. The maximum Gasteiger partial charge on any atom is 0.260 e. The van der Waals surface area contributed by atoms with Crippen LogP contribution in [0.1, 0.15) is 18.6 Å². The van der Waals surface area contributed by atoms with Crippen LogP contribution in [0.5, 0.6) is 5.75 Å². The minimum Gasteiger partial charge on any atom is -0.484 e. The summed E-state index contributed by atoms with van der Waals surface area (Å²) >= 11 is 0. The molecule has 0 saturated carbocycles. The number of hydrogen-bond donors (Lipinski definition) is 0. The SMILES string of the molecule is CCS(=O)(=O)N1C[C@@H]2CN(C(=O)COc3ccccc3)C[C@]2(c2nc(C)no2)C1. The fourth-order valence-corrected chi connectivity index (χ4v) is 5.36. The molecule has 29 heavy (non-hydrogen) atoms. The Balaban J connectivity index is 1.53. The van der Waals surface area contributed by atoms with Crippen molar-refractivity contribution in [1.29, 1.82) is 0 Å². The molecule has 2 aromatic rings. The maximum absolute atomic E-state index is 12.8. The summed E-state index contributed by atoms with van der Waals surface area (Å²) in [5.41, 5.74) is -0.689. The summed E-state index contributed by atoms with van der Waals surface area (Å²) in [5, 5.41) is 3.89. The monoisotopic (exact) mass is 420 g/mol. The lowest BCUT2D eigenvalue weighted by Gasteiger charge is -2.25. The molecule has 2 atom stereocenters. The summed E-state index contributed by atoms with van der Waals surface area (Å²) in [6.07, 6.45) is 0. The first-order chi connectivity index (χ1) is 13.8. The summed E-state index contributed by atoms with van der Waals surface area (Å²) in [4.78, 5) is 18.9. The van der Waals surface area contributed by atoms with Crippen molar-refractivity contribution in [1.82, 2.24) is 19.3 Å². The molecule has 1 aromatic carbocycles. The van der Waals surface area contributed by atoms with Gasteiger partial charge in [0, 0.05) is 32.1 Å². The highest BCUT2D eigenvalue weighted by molar-refractivity contribution is 7.89. The molecule has 0 bridgehead atoms. The molecule has 0 unspecified atom stereocenters. The number of rotatable bonds is 6. The Morgan fingerprint density at radius 2 is 2.03 bits per heavy atom. The standard InChI is InChI=1S/C19H24N4O5S/c1-3-29(25,26)23-10-15-9-22(17(24)11-27-16-7-5-4-6-8-16)12-19(15,13-23)18-20-14(2)21-28-18/h4-8,15H,3,9-13H2,1-2H3/t15-,19-/m0/s1. The van der Waals surface area contributed by atoms with Crippen LogP contribution in [0, 0.1) is 12.8 Å². The number of carbonyl (C=O) groups excluding carboxylic acids is 1. The van der Waals surface area contributed by atoms with Crippen LogP contribution in [0.15, 0.2) is 34.9 Å². The summed E-state index contributed by atoms with van der Waals surface area (Å²) in [7, 11) is -3.35. The lowest BCUT2D eigenvalue weighted by molar-refractivity contribution is -0.132. The van der Waals surface area contributed by atoms with E-state index in [0.717, 1.165) is 0 Å². The lowest BCUT2D eigenvalue weighted by atomic mass is 9.81. The van der Waals surface area contributed by atoms with Crippen LogP contribution in [0.2, 0.25) is 0 Å². The number of aryl methyl sites for hydroxylation is 1. The highest BCUT2D eigenvalue weighted by Crippen LogP contribution is 2.45. The molecule has 10 heteroatoms. The number of sulfonamides is 1. The number of carbonyl (C=O) groups is 1. The smallest absolute Gasteiger partial charge is 0.260 e. The van der Waals surface area contributed by atoms with Crippen molar-refractivity contribution in [2.24, 2.45) is 5.92 Å². The van der Waals surface area contributed by atoms with E-state index in [-0.39, 0.29) is 30.7 Å². The van der Waals surface area contributed by atoms with E-state index in [4.69, 9.17) is 9.26 Å². The van der Waals surface area contributed by atoms with Crippen molar-refractivity contribution in [2.75, 3.05) is 38.5 Å². The fourth-order valence-electron chi connectivity index (χ4n) is 4.16. The Morgan fingerprint density at radius 3 is 2.69 bits per heavy atom. The molecule has 4 rings (SSSR count). The van der Waals surface area contributed by atoms with E-state index in [9.17, 15) is 13.2 Å². The van der Waals surface area contributed by atoms with Gasteiger partial charge in [-0.05, 0) is 26.0 Å². The molecule has 2 aliphatic heterocycles. The van der Waals surface area contributed by atoms with Gasteiger partial charge in [-0.3, -0.25) is 4.79 Å². The van der Waals surface area contributed by atoms with Crippen LogP contribution in [-0.4, -0.2) is 72.2 Å². The summed E-state index contributed by atoms with van der Waals surface area (Å²) in [5.74, 6) is 1.29. The van der Waals surface area contributed by atoms with E-state index in [0.29, 0.717) is 37.1 Å². The van der Waals surface area contributed by atoms with E-state index in [2.05, 4.69) is 10.1 Å². The van der Waals surface area contributed by atoms with Crippen molar-refractivity contribution in [2.45, 2.75) is 19.3 Å². The minimum absolute atomic E-state index is 0.0339. The van der Waals surface area contributed by atoms with Crippen molar-refractivity contribution < 1.29 is 22.5 Å². The number of benzene rings is 1. The number of amides is 1. The summed E-state index contributed by atoms with van der Waals surface area (Å²) < 4.78 is 37.4. The second-order valence-corrected chi connectivity index (χ2v) is 9.83. The van der Waals surface area contributed by atoms with Gasteiger partial charge >= 0.3 is 0 Å². The van der Waals surface area contributed by atoms with Gasteiger partial charge in [-0.25, -0.2) is 12.7 Å². The third-order valence-corrected chi connectivity index (χ3v) is 7.54. The molecule has 156 valence electrons. The van der Waals surface area contributed by atoms with Gasteiger partial charge in [-0.1, -0.05) is 23.4 Å². The number of para-hydroxylation sites is 1. The van der Waals surface area contributed by atoms with Gasteiger partial charge in [0.05, 0.1) is 11.2 Å². The molecule has 0 radical (unpaired) electrons. The van der Waals surface area contributed by atoms with Gasteiger partial charge in [0.25, 0.3) is 5.91 Å². The Morgan fingerprint density at radius 1 is 1.28 bits per heavy atom. The van der Waals surface area contributed by atoms with Gasteiger partial charge in [-0.15, -0.1) is 0 Å². The second-order valence-electron chi connectivity index (χ2n) is 7.57. The van der Waals surface area contributed by atoms with Crippen molar-refractivity contribution in [3.8, 4) is 5.75 Å². The average molecular weight is 420 g/mol. The van der Waals surface area contributed by atoms with E-state index in [1.165, 1.54) is 4.31 Å². The molecule has 3 heterocycles. The first-order valence-corrected chi connectivity index (χ1v) is 11.2. The van der Waals surface area contributed by atoms with Crippen LogP contribution in [0.25, 0.3) is 0 Å². The van der Waals surface area contributed by atoms with Crippen LogP contribution in [0.3, 0.4) is 0 Å². The number of ether oxygens (including phenoxy) is 1. The van der Waals surface area contributed by atoms with Gasteiger partial charge in [0.1, 0.15) is 5.75 Å². The first-order valence-electron chi connectivity index (χ1n) is 9.58. The van der Waals surface area contributed by atoms with Gasteiger partial charge in [0.15, 0.2) is 12.4 Å². The zero-order chi connectivity index (χ0) is 20.6. The van der Waals surface area contributed by atoms with Crippen LogP contribution in [0.4, 0.5) is 0 Å². The minimum atomic E-state index is -3.35. The molecule has 2 fully saturated rings. The predicted octanol–water partition coefficient (Wildman–Crippen LogP) is 0.819. The molecule has 0 spiro atoms. The Labute approximate surface area is 169 Å². The topological polar surface area (TPSA) is 106 Å². The highest BCUT2D eigenvalue weighted by Gasteiger charge is 2.59. The third kappa shape index (κ3) is 3.62. The fraction of sp³-hybridized carbons (Fsp3) is 0.526. The highest BCUT2D eigenvalue weighted by atomic mass is 32.2. The zero-order valence-electron chi connectivity index (χ0n) is 16.4. The molecular formula is C19H24N4O5S. The number of hydrogen-bond acceptors (Lipinski definition) is 7. The summed E-state index contributed by atoms with van der Waals surface area (Å²) in [6, 6.07) is 9.15. The number of aromatic nitrogens is 2. The molecule has 1 aromatic heterocycles. The Hall–Kier alpha value is -2.46. The van der Waals surface area contributed by atoms with E-state index < -0.39 is 15.4 Å². The van der Waals surface area contributed by atoms with Crippen molar-refractivity contribution in [3.63, 3.8) is 0 Å². The number of fused-ring (bicyclic) bond motifs is 1. The number of nitrogens with zero attached hydrogens (tertiary/aromatic N) is 4. The average Bonchev–Trinajstić information content (AvgIpc) is 3.39. The predicted molar refractivity (Wildman–Crippen MR) is 104 cm³/mol.